The van der Waals surface area contributed by atoms with E-state index in [1.807, 2.05) is 5.38 Å². The van der Waals surface area contributed by atoms with Crippen LogP contribution in [-0.4, -0.2) is 25.1 Å². The van der Waals surface area contributed by atoms with Gasteiger partial charge in [0.1, 0.15) is 11.5 Å². The number of amides is 1. The third-order valence-electron chi connectivity index (χ3n) is 4.23. The highest BCUT2D eigenvalue weighted by molar-refractivity contribution is 7.14. The van der Waals surface area contributed by atoms with E-state index in [1.54, 1.807) is 32.4 Å². The average molecular weight is 397 g/mol. The minimum absolute atomic E-state index is 0.259. The number of nitrogens with one attached hydrogen (secondary N) is 1. The molecule has 3 rings (SSSR count). The van der Waals surface area contributed by atoms with Crippen molar-refractivity contribution in [3.05, 3.63) is 59.0 Å². The monoisotopic (exact) mass is 396 g/mol. The van der Waals surface area contributed by atoms with Gasteiger partial charge in [0.2, 0.25) is 0 Å². The molecular formula is C22H24N2O3S. The second-order valence-corrected chi connectivity index (χ2v) is 7.75. The number of anilines is 1. The van der Waals surface area contributed by atoms with Crippen molar-refractivity contribution in [2.75, 3.05) is 19.5 Å². The van der Waals surface area contributed by atoms with Crippen LogP contribution in [0.1, 0.15) is 29.8 Å². The van der Waals surface area contributed by atoms with Crippen molar-refractivity contribution >= 4 is 22.4 Å². The summed E-state index contributed by atoms with van der Waals surface area (Å²) in [7, 11) is 3.10. The van der Waals surface area contributed by atoms with Crippen LogP contribution in [0.2, 0.25) is 0 Å². The second kappa shape index (κ2) is 8.89. The molecular weight excluding hydrogens is 372 g/mol. The maximum atomic E-state index is 12.6. The van der Waals surface area contributed by atoms with Crippen LogP contribution in [0.25, 0.3) is 11.3 Å². The van der Waals surface area contributed by atoms with E-state index in [9.17, 15) is 4.79 Å². The molecule has 0 saturated heterocycles. The molecule has 0 unspecified atom stereocenters. The van der Waals surface area contributed by atoms with Crippen molar-refractivity contribution in [3.8, 4) is 22.8 Å². The van der Waals surface area contributed by atoms with Crippen molar-refractivity contribution in [2.24, 2.45) is 5.92 Å². The molecule has 3 aromatic rings. The smallest absolute Gasteiger partial charge is 0.257 e. The van der Waals surface area contributed by atoms with Crippen LogP contribution in [0.4, 0.5) is 5.13 Å². The minimum atomic E-state index is -0.259. The van der Waals surface area contributed by atoms with Gasteiger partial charge >= 0.3 is 0 Å². The first-order valence-electron chi connectivity index (χ1n) is 9.07. The highest BCUT2D eigenvalue weighted by Crippen LogP contribution is 2.27. The zero-order valence-corrected chi connectivity index (χ0v) is 17.3. The molecule has 0 spiro atoms. The molecule has 0 aliphatic rings. The number of aromatic nitrogens is 1. The van der Waals surface area contributed by atoms with E-state index in [4.69, 9.17) is 9.47 Å². The van der Waals surface area contributed by atoms with Crippen LogP contribution in [0, 0.1) is 5.92 Å². The maximum absolute atomic E-state index is 12.6. The molecule has 28 heavy (non-hydrogen) atoms. The Morgan fingerprint density at radius 3 is 2.29 bits per heavy atom. The summed E-state index contributed by atoms with van der Waals surface area (Å²) in [4.78, 5) is 17.1. The zero-order valence-electron chi connectivity index (χ0n) is 16.5. The Labute approximate surface area is 169 Å². The van der Waals surface area contributed by atoms with Crippen molar-refractivity contribution in [1.82, 2.24) is 4.98 Å². The molecule has 1 aromatic heterocycles. The van der Waals surface area contributed by atoms with Crippen molar-refractivity contribution < 1.29 is 14.3 Å². The number of carbonyl (C=O) groups excluding carboxylic acids is 1. The molecule has 1 heterocycles. The Kier molecular flexibility index (Phi) is 6.31. The van der Waals surface area contributed by atoms with Gasteiger partial charge in [0, 0.05) is 22.6 Å². The van der Waals surface area contributed by atoms with Gasteiger partial charge in [-0.05, 0) is 30.0 Å². The lowest BCUT2D eigenvalue weighted by Crippen LogP contribution is -2.12. The lowest BCUT2D eigenvalue weighted by molar-refractivity contribution is 0.102. The Morgan fingerprint density at radius 1 is 1.07 bits per heavy atom. The summed E-state index contributed by atoms with van der Waals surface area (Å²) in [5.74, 6) is 1.49. The first-order chi connectivity index (χ1) is 13.5. The number of hydrogen-bond acceptors (Lipinski definition) is 5. The molecule has 1 amide bonds. The predicted molar refractivity (Wildman–Crippen MR) is 114 cm³/mol. The van der Waals surface area contributed by atoms with E-state index >= 15 is 0 Å². The third-order valence-corrected chi connectivity index (χ3v) is 4.99. The topological polar surface area (TPSA) is 60.5 Å². The van der Waals surface area contributed by atoms with Crippen molar-refractivity contribution in [2.45, 2.75) is 20.3 Å². The quantitative estimate of drug-likeness (QED) is 0.590. The van der Waals surface area contributed by atoms with Gasteiger partial charge in [0.25, 0.3) is 5.91 Å². The molecule has 146 valence electrons. The van der Waals surface area contributed by atoms with Gasteiger partial charge in [0.05, 0.1) is 19.9 Å². The molecule has 0 atom stereocenters. The normalized spacial score (nSPS) is 10.8. The Hall–Kier alpha value is -2.86. The average Bonchev–Trinajstić information content (AvgIpc) is 3.16. The summed E-state index contributed by atoms with van der Waals surface area (Å²) < 4.78 is 10.4. The number of thiazole rings is 1. The Bertz CT molecular complexity index is 926. The van der Waals surface area contributed by atoms with Crippen LogP contribution in [-0.2, 0) is 6.42 Å². The van der Waals surface area contributed by atoms with Crippen LogP contribution in [0.5, 0.6) is 11.5 Å². The summed E-state index contributed by atoms with van der Waals surface area (Å²) in [6.45, 7) is 4.42. The Morgan fingerprint density at radius 2 is 1.71 bits per heavy atom. The predicted octanol–water partition coefficient (Wildman–Crippen LogP) is 5.28. The molecule has 6 heteroatoms. The fraction of sp³-hybridized carbons (Fsp3) is 0.273. The lowest BCUT2D eigenvalue weighted by atomic mass is 10.0. The molecule has 0 fully saturated rings. The highest BCUT2D eigenvalue weighted by Gasteiger charge is 2.13. The fourth-order valence-corrected chi connectivity index (χ4v) is 3.57. The first-order valence-corrected chi connectivity index (χ1v) is 9.95. The van der Waals surface area contributed by atoms with Gasteiger partial charge in [-0.25, -0.2) is 4.98 Å². The molecule has 0 bridgehead atoms. The summed E-state index contributed by atoms with van der Waals surface area (Å²) in [5, 5.41) is 5.34. The number of rotatable bonds is 7. The second-order valence-electron chi connectivity index (χ2n) is 6.89. The highest BCUT2D eigenvalue weighted by atomic mass is 32.1. The third kappa shape index (κ3) is 4.89. The number of hydrogen-bond donors (Lipinski definition) is 1. The molecule has 0 saturated carbocycles. The summed E-state index contributed by atoms with van der Waals surface area (Å²) >= 11 is 1.40. The van der Waals surface area contributed by atoms with Gasteiger partial charge in [-0.3, -0.25) is 10.1 Å². The minimum Gasteiger partial charge on any atom is -0.497 e. The molecule has 0 aliphatic heterocycles. The largest absolute Gasteiger partial charge is 0.497 e. The molecule has 0 radical (unpaired) electrons. The standard InChI is InChI=1S/C22H24N2O3S/c1-14(2)9-15-5-7-16(8-6-15)20-13-28-22(23-20)24-21(25)17-10-18(26-3)12-19(11-17)27-4/h5-8,10-14H,9H2,1-4H3,(H,23,24,25). The van der Waals surface area contributed by atoms with Crippen LogP contribution >= 0.6 is 11.3 Å². The van der Waals surface area contributed by atoms with E-state index in [1.165, 1.54) is 16.9 Å². The number of nitrogens with zero attached hydrogens (tertiary/aromatic N) is 1. The summed E-state index contributed by atoms with van der Waals surface area (Å²) in [6.07, 6.45) is 1.06. The van der Waals surface area contributed by atoms with Gasteiger partial charge in [-0.15, -0.1) is 11.3 Å². The Balaban J connectivity index is 1.73. The number of carbonyl (C=O) groups is 1. The van der Waals surface area contributed by atoms with Crippen LogP contribution in [0.3, 0.4) is 0 Å². The molecule has 2 aromatic carbocycles. The van der Waals surface area contributed by atoms with Crippen LogP contribution < -0.4 is 14.8 Å². The van der Waals surface area contributed by atoms with Crippen LogP contribution in [0.15, 0.2) is 47.8 Å². The summed E-state index contributed by atoms with van der Waals surface area (Å²) in [6, 6.07) is 13.5. The van der Waals surface area contributed by atoms with E-state index < -0.39 is 0 Å². The number of methoxy groups -OCH3 is 2. The summed E-state index contributed by atoms with van der Waals surface area (Å²) in [5.41, 5.74) is 3.65. The van der Waals surface area contributed by atoms with Gasteiger partial charge in [-0.2, -0.15) is 0 Å². The number of benzene rings is 2. The van der Waals surface area contributed by atoms with E-state index in [0.29, 0.717) is 28.1 Å². The fourth-order valence-electron chi connectivity index (χ4n) is 2.85. The zero-order chi connectivity index (χ0) is 20.1. The van der Waals surface area contributed by atoms with E-state index in [2.05, 4.69) is 48.4 Å². The van der Waals surface area contributed by atoms with E-state index in [0.717, 1.165) is 17.7 Å². The molecule has 1 N–H and O–H groups in total. The van der Waals surface area contributed by atoms with Crippen molar-refractivity contribution in [1.29, 1.82) is 0 Å². The lowest BCUT2D eigenvalue weighted by Gasteiger charge is -2.08. The van der Waals surface area contributed by atoms with Gasteiger partial charge in [0.15, 0.2) is 5.13 Å². The van der Waals surface area contributed by atoms with Crippen molar-refractivity contribution in [3.63, 3.8) is 0 Å². The van der Waals surface area contributed by atoms with Gasteiger partial charge in [-0.1, -0.05) is 38.1 Å². The molecule has 5 nitrogen and oxygen atoms in total. The van der Waals surface area contributed by atoms with E-state index in [-0.39, 0.29) is 5.91 Å². The molecule has 0 aliphatic carbocycles. The SMILES string of the molecule is COc1cc(OC)cc(C(=O)Nc2nc(-c3ccc(CC(C)C)cc3)cs2)c1. The van der Waals surface area contributed by atoms with Gasteiger partial charge < -0.3 is 9.47 Å². The first kappa shape index (κ1) is 19.9. The maximum Gasteiger partial charge on any atom is 0.257 e. The number of ether oxygens (including phenoxy) is 2.